The van der Waals surface area contributed by atoms with Gasteiger partial charge >= 0.3 is 0 Å². The van der Waals surface area contributed by atoms with Crippen LogP contribution >= 0.6 is 0 Å². The Hall–Kier alpha value is -1.28. The third-order valence-electron chi connectivity index (χ3n) is 4.06. The molecule has 1 aromatic heterocycles. The quantitative estimate of drug-likeness (QED) is 0.798. The van der Waals surface area contributed by atoms with Crippen molar-refractivity contribution in [3.8, 4) is 0 Å². The van der Waals surface area contributed by atoms with Crippen LogP contribution in [0.2, 0.25) is 0 Å². The molecule has 1 fully saturated rings. The molecular weight excluding hydrogens is 210 g/mol. The molecule has 0 unspecified atom stereocenters. The number of benzene rings is 1. The molecule has 90 valence electrons. The van der Waals surface area contributed by atoms with Gasteiger partial charge in [0, 0.05) is 24.1 Å². The van der Waals surface area contributed by atoms with Crippen molar-refractivity contribution < 1.29 is 5.11 Å². The maximum Gasteiger partial charge on any atom is 0.0540 e. The Morgan fingerprint density at radius 2 is 1.82 bits per heavy atom. The predicted octanol–water partition coefficient (Wildman–Crippen LogP) is 3.20. The lowest BCUT2D eigenvalue weighted by molar-refractivity contribution is 0.122. The second-order valence-corrected chi connectivity index (χ2v) is 5.22. The van der Waals surface area contributed by atoms with Gasteiger partial charge in [0.1, 0.15) is 0 Å². The van der Waals surface area contributed by atoms with Crippen LogP contribution in [0.5, 0.6) is 0 Å². The summed E-state index contributed by atoms with van der Waals surface area (Å²) in [6.07, 6.45) is 6.35. The molecule has 0 bridgehead atoms. The molecule has 0 atom stereocenters. The second-order valence-electron chi connectivity index (χ2n) is 5.22. The van der Waals surface area contributed by atoms with Crippen LogP contribution in [-0.2, 0) is 7.05 Å². The highest BCUT2D eigenvalue weighted by Crippen LogP contribution is 2.37. The molecule has 0 radical (unpaired) electrons. The van der Waals surface area contributed by atoms with E-state index >= 15 is 0 Å². The topological polar surface area (TPSA) is 25.2 Å². The number of aromatic nitrogens is 1. The molecule has 0 aliphatic heterocycles. The number of rotatable bonds is 1. The van der Waals surface area contributed by atoms with E-state index in [4.69, 9.17) is 0 Å². The van der Waals surface area contributed by atoms with Gasteiger partial charge in [0.25, 0.3) is 0 Å². The molecule has 0 amide bonds. The molecule has 17 heavy (non-hydrogen) atoms. The molecule has 2 nitrogen and oxygen atoms in total. The highest BCUT2D eigenvalue weighted by molar-refractivity contribution is 5.84. The highest BCUT2D eigenvalue weighted by atomic mass is 16.3. The number of nitrogens with zero attached hydrogens (tertiary/aromatic N) is 1. The molecule has 2 heteroatoms. The van der Waals surface area contributed by atoms with E-state index in [1.54, 1.807) is 0 Å². The van der Waals surface area contributed by atoms with Crippen LogP contribution in [0.25, 0.3) is 10.9 Å². The first-order valence-corrected chi connectivity index (χ1v) is 6.47. The fourth-order valence-electron chi connectivity index (χ4n) is 3.09. The Labute approximate surface area is 102 Å². The molecule has 1 heterocycles. The normalized spacial score (nSPS) is 25.3. The summed E-state index contributed by atoms with van der Waals surface area (Å²) in [7, 11) is 2.11. The molecule has 1 aliphatic rings. The Balaban J connectivity index is 2.00. The number of aryl methyl sites for hydroxylation is 1. The maximum absolute atomic E-state index is 9.59. The number of aliphatic hydroxyl groups excluding tert-OH is 1. The summed E-state index contributed by atoms with van der Waals surface area (Å²) in [4.78, 5) is 0. The van der Waals surface area contributed by atoms with Crippen molar-refractivity contribution in [2.45, 2.75) is 37.7 Å². The first-order valence-electron chi connectivity index (χ1n) is 6.47. The highest BCUT2D eigenvalue weighted by Gasteiger charge is 2.23. The van der Waals surface area contributed by atoms with E-state index in [-0.39, 0.29) is 6.10 Å². The van der Waals surface area contributed by atoms with Gasteiger partial charge in [0.15, 0.2) is 0 Å². The molecular formula is C15H19NO. The number of hydrogen-bond acceptors (Lipinski definition) is 1. The van der Waals surface area contributed by atoms with Crippen molar-refractivity contribution in [2.75, 3.05) is 0 Å². The molecule has 1 aromatic carbocycles. The van der Waals surface area contributed by atoms with Crippen LogP contribution < -0.4 is 0 Å². The molecule has 1 N–H and O–H groups in total. The molecule has 2 aromatic rings. The first-order chi connectivity index (χ1) is 8.25. The molecule has 0 saturated heterocycles. The minimum Gasteiger partial charge on any atom is -0.393 e. The number of fused-ring (bicyclic) bond motifs is 1. The van der Waals surface area contributed by atoms with Gasteiger partial charge in [0.05, 0.1) is 6.10 Å². The van der Waals surface area contributed by atoms with Crippen LogP contribution in [0.4, 0.5) is 0 Å². The summed E-state index contributed by atoms with van der Waals surface area (Å²) in [5.41, 5.74) is 2.78. The van der Waals surface area contributed by atoms with Gasteiger partial charge in [0.2, 0.25) is 0 Å². The number of aliphatic hydroxyl groups is 1. The lowest BCUT2D eigenvalue weighted by Gasteiger charge is -2.25. The summed E-state index contributed by atoms with van der Waals surface area (Å²) in [6.45, 7) is 0. The van der Waals surface area contributed by atoms with E-state index in [1.807, 2.05) is 0 Å². The Morgan fingerprint density at radius 3 is 2.59 bits per heavy atom. The van der Waals surface area contributed by atoms with Crippen molar-refractivity contribution in [3.63, 3.8) is 0 Å². The summed E-state index contributed by atoms with van der Waals surface area (Å²) in [5.74, 6) is 0.629. The van der Waals surface area contributed by atoms with E-state index in [9.17, 15) is 5.11 Å². The van der Waals surface area contributed by atoms with Gasteiger partial charge < -0.3 is 9.67 Å². The molecule has 1 saturated carbocycles. The molecule has 0 spiro atoms. The van der Waals surface area contributed by atoms with E-state index < -0.39 is 0 Å². The SMILES string of the molecule is Cn1cc(C2CCC(O)CC2)c2ccccc21. The number of hydrogen-bond donors (Lipinski definition) is 1. The zero-order chi connectivity index (χ0) is 11.8. The minimum atomic E-state index is -0.0683. The second kappa shape index (κ2) is 4.19. The summed E-state index contributed by atoms with van der Waals surface area (Å²) in [5, 5.41) is 11.0. The summed E-state index contributed by atoms with van der Waals surface area (Å²) >= 11 is 0. The van der Waals surface area contributed by atoms with Gasteiger partial charge in [-0.2, -0.15) is 0 Å². The van der Waals surface area contributed by atoms with Crippen LogP contribution in [-0.4, -0.2) is 15.8 Å². The number of para-hydroxylation sites is 1. The zero-order valence-corrected chi connectivity index (χ0v) is 10.3. The monoisotopic (exact) mass is 229 g/mol. The van der Waals surface area contributed by atoms with Crippen molar-refractivity contribution in [1.82, 2.24) is 4.57 Å². The Bertz CT molecular complexity index is 521. The third kappa shape index (κ3) is 1.87. The Morgan fingerprint density at radius 1 is 1.12 bits per heavy atom. The first kappa shape index (κ1) is 10.8. The lowest BCUT2D eigenvalue weighted by atomic mass is 9.83. The summed E-state index contributed by atoms with van der Waals surface area (Å²) in [6, 6.07) is 8.60. The average Bonchev–Trinajstić information content (AvgIpc) is 2.69. The van der Waals surface area contributed by atoms with Crippen LogP contribution in [0.1, 0.15) is 37.2 Å². The third-order valence-corrected chi connectivity index (χ3v) is 4.06. The van der Waals surface area contributed by atoms with Gasteiger partial charge in [-0.1, -0.05) is 18.2 Å². The van der Waals surface area contributed by atoms with Gasteiger partial charge in [-0.3, -0.25) is 0 Å². The van der Waals surface area contributed by atoms with Crippen molar-refractivity contribution >= 4 is 10.9 Å². The van der Waals surface area contributed by atoms with Crippen molar-refractivity contribution in [3.05, 3.63) is 36.0 Å². The van der Waals surface area contributed by atoms with E-state index in [1.165, 1.54) is 16.5 Å². The largest absolute Gasteiger partial charge is 0.393 e. The lowest BCUT2D eigenvalue weighted by Crippen LogP contribution is -2.16. The van der Waals surface area contributed by atoms with Gasteiger partial charge in [-0.25, -0.2) is 0 Å². The van der Waals surface area contributed by atoms with Crippen LogP contribution in [0.15, 0.2) is 30.5 Å². The zero-order valence-electron chi connectivity index (χ0n) is 10.3. The summed E-state index contributed by atoms with van der Waals surface area (Å²) < 4.78 is 2.22. The fraction of sp³-hybridized carbons (Fsp3) is 0.467. The smallest absolute Gasteiger partial charge is 0.0540 e. The predicted molar refractivity (Wildman–Crippen MR) is 70.1 cm³/mol. The van der Waals surface area contributed by atoms with Gasteiger partial charge in [-0.15, -0.1) is 0 Å². The molecule has 3 rings (SSSR count). The molecule has 1 aliphatic carbocycles. The minimum absolute atomic E-state index is 0.0683. The van der Waals surface area contributed by atoms with Gasteiger partial charge in [-0.05, 0) is 43.2 Å². The maximum atomic E-state index is 9.59. The standard InChI is InChI=1S/C15H19NO/c1-16-10-14(11-6-8-12(17)9-7-11)13-4-2-3-5-15(13)16/h2-5,10-12,17H,6-9H2,1H3. The van der Waals surface area contributed by atoms with E-state index in [2.05, 4.69) is 42.1 Å². The van der Waals surface area contributed by atoms with Crippen LogP contribution in [0, 0.1) is 0 Å². The van der Waals surface area contributed by atoms with Crippen molar-refractivity contribution in [2.24, 2.45) is 7.05 Å². The average molecular weight is 229 g/mol. The van der Waals surface area contributed by atoms with Crippen molar-refractivity contribution in [1.29, 1.82) is 0 Å². The fourth-order valence-corrected chi connectivity index (χ4v) is 3.09. The Kier molecular flexibility index (Phi) is 2.67. The van der Waals surface area contributed by atoms with E-state index in [0.717, 1.165) is 25.7 Å². The van der Waals surface area contributed by atoms with E-state index in [0.29, 0.717) is 5.92 Å². The van der Waals surface area contributed by atoms with Crippen LogP contribution in [0.3, 0.4) is 0 Å².